The normalized spacial score (nSPS) is 13.5. The number of carbonyl (C=O) groups is 2. The van der Waals surface area contributed by atoms with Gasteiger partial charge >= 0.3 is 6.16 Å². The van der Waals surface area contributed by atoms with Gasteiger partial charge in [-0.2, -0.15) is 0 Å². The minimum absolute atomic E-state index is 0.0576. The number of piperazine rings is 1. The SMILES string of the molecule is CCOC(=O)Oc1ccc(C(=O)N2CCN(c3ccc(-c4ccccc4)nn3)CC2)cc1. The lowest BCUT2D eigenvalue weighted by Gasteiger charge is -2.35. The number of ether oxygens (including phenoxy) is 2. The number of amides is 1. The Kier molecular flexibility index (Phi) is 6.60. The van der Waals surface area contributed by atoms with Gasteiger partial charge in [0, 0.05) is 37.3 Å². The summed E-state index contributed by atoms with van der Waals surface area (Å²) < 4.78 is 9.77. The Balaban J connectivity index is 1.32. The number of anilines is 1. The van der Waals surface area contributed by atoms with Crippen LogP contribution >= 0.6 is 0 Å². The molecule has 1 saturated heterocycles. The lowest BCUT2D eigenvalue weighted by molar-refractivity contribution is 0.0746. The molecule has 0 aliphatic carbocycles. The predicted octanol–water partition coefficient (Wildman–Crippen LogP) is 3.64. The average molecular weight is 432 g/mol. The molecule has 0 saturated carbocycles. The van der Waals surface area contributed by atoms with E-state index in [1.807, 2.05) is 47.4 Å². The average Bonchev–Trinajstić information content (AvgIpc) is 2.85. The summed E-state index contributed by atoms with van der Waals surface area (Å²) in [5.41, 5.74) is 2.40. The highest BCUT2D eigenvalue weighted by Gasteiger charge is 2.23. The molecule has 0 atom stereocenters. The maximum atomic E-state index is 12.8. The van der Waals surface area contributed by atoms with Crippen LogP contribution in [0.15, 0.2) is 66.7 Å². The van der Waals surface area contributed by atoms with Crippen molar-refractivity contribution in [2.75, 3.05) is 37.7 Å². The summed E-state index contributed by atoms with van der Waals surface area (Å²) in [7, 11) is 0. The van der Waals surface area contributed by atoms with Crippen molar-refractivity contribution >= 4 is 17.9 Å². The van der Waals surface area contributed by atoms with Crippen LogP contribution in [0.3, 0.4) is 0 Å². The van der Waals surface area contributed by atoms with Crippen LogP contribution in [0.4, 0.5) is 10.6 Å². The van der Waals surface area contributed by atoms with E-state index in [-0.39, 0.29) is 12.5 Å². The number of benzene rings is 2. The van der Waals surface area contributed by atoms with Gasteiger partial charge in [0.1, 0.15) is 5.75 Å². The molecule has 4 rings (SSSR count). The Bertz CT molecular complexity index is 1050. The van der Waals surface area contributed by atoms with Crippen molar-refractivity contribution in [2.24, 2.45) is 0 Å². The van der Waals surface area contributed by atoms with Gasteiger partial charge in [-0.1, -0.05) is 30.3 Å². The molecular weight excluding hydrogens is 408 g/mol. The summed E-state index contributed by atoms with van der Waals surface area (Å²) in [6.07, 6.45) is -0.761. The van der Waals surface area contributed by atoms with Crippen molar-refractivity contribution in [2.45, 2.75) is 6.92 Å². The van der Waals surface area contributed by atoms with Gasteiger partial charge in [0.05, 0.1) is 12.3 Å². The third kappa shape index (κ3) is 5.03. The molecule has 0 radical (unpaired) electrons. The van der Waals surface area contributed by atoms with Gasteiger partial charge in [-0.05, 0) is 43.3 Å². The molecule has 8 heteroatoms. The first-order valence-corrected chi connectivity index (χ1v) is 10.5. The smallest absolute Gasteiger partial charge is 0.434 e. The minimum atomic E-state index is -0.761. The van der Waals surface area contributed by atoms with Crippen molar-refractivity contribution in [3.05, 3.63) is 72.3 Å². The van der Waals surface area contributed by atoms with E-state index in [4.69, 9.17) is 9.47 Å². The van der Waals surface area contributed by atoms with E-state index in [1.165, 1.54) is 0 Å². The van der Waals surface area contributed by atoms with Gasteiger partial charge < -0.3 is 19.3 Å². The maximum Gasteiger partial charge on any atom is 0.513 e. The summed E-state index contributed by atoms with van der Waals surface area (Å²) in [6.45, 7) is 4.47. The fourth-order valence-corrected chi connectivity index (χ4v) is 3.49. The molecule has 1 aromatic heterocycles. The van der Waals surface area contributed by atoms with Gasteiger partial charge in [-0.15, -0.1) is 10.2 Å². The van der Waals surface area contributed by atoms with Crippen LogP contribution in [0, 0.1) is 0 Å². The molecule has 1 fully saturated rings. The molecule has 0 spiro atoms. The lowest BCUT2D eigenvalue weighted by atomic mass is 10.1. The van der Waals surface area contributed by atoms with E-state index in [2.05, 4.69) is 15.1 Å². The first kappa shape index (κ1) is 21.3. The third-order valence-electron chi connectivity index (χ3n) is 5.18. The van der Waals surface area contributed by atoms with E-state index in [0.717, 1.165) is 17.1 Å². The molecule has 0 bridgehead atoms. The summed E-state index contributed by atoms with van der Waals surface area (Å²) >= 11 is 0. The standard InChI is InChI=1S/C24H24N4O4/c1-2-31-24(30)32-20-10-8-19(9-11-20)23(29)28-16-14-27(15-17-28)22-13-12-21(25-26-22)18-6-4-3-5-7-18/h3-13H,2,14-17H2,1H3. The van der Waals surface area contributed by atoms with Crippen LogP contribution in [0.1, 0.15) is 17.3 Å². The van der Waals surface area contributed by atoms with Gasteiger partial charge in [-0.25, -0.2) is 4.79 Å². The fraction of sp³-hybridized carbons (Fsp3) is 0.250. The molecule has 2 heterocycles. The fourth-order valence-electron chi connectivity index (χ4n) is 3.49. The number of nitrogens with zero attached hydrogens (tertiary/aromatic N) is 4. The number of carbonyl (C=O) groups excluding carboxylic acids is 2. The van der Waals surface area contributed by atoms with Gasteiger partial charge in [0.25, 0.3) is 5.91 Å². The quantitative estimate of drug-likeness (QED) is 0.449. The van der Waals surface area contributed by atoms with E-state index in [0.29, 0.717) is 37.5 Å². The Labute approximate surface area is 186 Å². The zero-order chi connectivity index (χ0) is 22.3. The molecule has 2 aromatic carbocycles. The van der Waals surface area contributed by atoms with Crippen molar-refractivity contribution in [3.8, 4) is 17.0 Å². The number of aromatic nitrogens is 2. The predicted molar refractivity (Wildman–Crippen MR) is 120 cm³/mol. The second kappa shape index (κ2) is 9.91. The largest absolute Gasteiger partial charge is 0.513 e. The van der Waals surface area contributed by atoms with Crippen LogP contribution in [-0.4, -0.2) is 59.9 Å². The van der Waals surface area contributed by atoms with E-state index < -0.39 is 6.16 Å². The van der Waals surface area contributed by atoms with Gasteiger partial charge in [0.2, 0.25) is 0 Å². The summed E-state index contributed by atoms with van der Waals surface area (Å²) in [5, 5.41) is 8.72. The van der Waals surface area contributed by atoms with Crippen molar-refractivity contribution < 1.29 is 19.1 Å². The highest BCUT2D eigenvalue weighted by atomic mass is 16.7. The van der Waals surface area contributed by atoms with Crippen LogP contribution < -0.4 is 9.64 Å². The lowest BCUT2D eigenvalue weighted by Crippen LogP contribution is -2.49. The number of hydrogen-bond donors (Lipinski definition) is 0. The molecular formula is C24H24N4O4. The van der Waals surface area contributed by atoms with Crippen molar-refractivity contribution in [1.29, 1.82) is 0 Å². The van der Waals surface area contributed by atoms with E-state index in [1.54, 1.807) is 31.2 Å². The Morgan fingerprint density at radius 3 is 2.22 bits per heavy atom. The van der Waals surface area contributed by atoms with Gasteiger partial charge in [-0.3, -0.25) is 4.79 Å². The summed E-state index contributed by atoms with van der Waals surface area (Å²) in [4.78, 5) is 28.1. The first-order valence-electron chi connectivity index (χ1n) is 10.5. The maximum absolute atomic E-state index is 12.8. The van der Waals surface area contributed by atoms with Crippen LogP contribution in [0.2, 0.25) is 0 Å². The molecule has 164 valence electrons. The summed E-state index contributed by atoms with van der Waals surface area (Å²) in [6, 6.07) is 20.3. The zero-order valence-electron chi connectivity index (χ0n) is 17.8. The zero-order valence-corrected chi connectivity index (χ0v) is 17.8. The van der Waals surface area contributed by atoms with E-state index in [9.17, 15) is 9.59 Å². The molecule has 1 amide bonds. The monoisotopic (exact) mass is 432 g/mol. The molecule has 3 aromatic rings. The molecule has 0 unspecified atom stereocenters. The second-order valence-electron chi connectivity index (χ2n) is 7.23. The van der Waals surface area contributed by atoms with E-state index >= 15 is 0 Å². The Morgan fingerprint density at radius 2 is 1.59 bits per heavy atom. The topological polar surface area (TPSA) is 84.9 Å². The highest BCUT2D eigenvalue weighted by molar-refractivity contribution is 5.94. The van der Waals surface area contributed by atoms with Crippen molar-refractivity contribution in [1.82, 2.24) is 15.1 Å². The summed E-state index contributed by atoms with van der Waals surface area (Å²) in [5.74, 6) is 1.08. The Morgan fingerprint density at radius 1 is 0.875 bits per heavy atom. The molecule has 0 N–H and O–H groups in total. The number of rotatable bonds is 5. The van der Waals surface area contributed by atoms with Crippen molar-refractivity contribution in [3.63, 3.8) is 0 Å². The molecule has 8 nitrogen and oxygen atoms in total. The number of hydrogen-bond acceptors (Lipinski definition) is 7. The minimum Gasteiger partial charge on any atom is -0.434 e. The molecule has 1 aliphatic rings. The molecule has 1 aliphatic heterocycles. The molecule has 32 heavy (non-hydrogen) atoms. The third-order valence-corrected chi connectivity index (χ3v) is 5.18. The Hall–Kier alpha value is -3.94. The first-order chi connectivity index (χ1) is 15.6. The van der Waals surface area contributed by atoms with Gasteiger partial charge in [0.15, 0.2) is 5.82 Å². The van der Waals surface area contributed by atoms with Crippen LogP contribution in [0.5, 0.6) is 5.75 Å². The highest BCUT2D eigenvalue weighted by Crippen LogP contribution is 2.20. The second-order valence-corrected chi connectivity index (χ2v) is 7.23. The van der Waals surface area contributed by atoms with Crippen LogP contribution in [-0.2, 0) is 4.74 Å². The van der Waals surface area contributed by atoms with Crippen LogP contribution in [0.25, 0.3) is 11.3 Å².